The van der Waals surface area contributed by atoms with Gasteiger partial charge in [-0.1, -0.05) is 42.7 Å². The number of aromatic nitrogens is 2. The Hall–Kier alpha value is -3.32. The monoisotopic (exact) mass is 464 g/mol. The molecule has 0 radical (unpaired) electrons. The van der Waals surface area contributed by atoms with Crippen molar-refractivity contribution in [3.8, 4) is 5.75 Å². The SMILES string of the molecule is COc1ccc2nc(C=Cc3ccc(Cl)cc3)nc(N[C@@H]3CCCC[C@@H]3CN=C(N)N)c2c1. The Labute approximate surface area is 198 Å². The van der Waals surface area contributed by atoms with E-state index in [1.165, 1.54) is 6.42 Å². The number of nitrogens with zero attached hydrogens (tertiary/aromatic N) is 3. The summed E-state index contributed by atoms with van der Waals surface area (Å²) in [6.45, 7) is 0.607. The molecule has 4 rings (SSSR count). The van der Waals surface area contributed by atoms with Crippen LogP contribution in [0.15, 0.2) is 47.5 Å². The number of anilines is 1. The molecule has 1 aliphatic carbocycles. The minimum absolute atomic E-state index is 0.131. The fraction of sp³-hybridized carbons (Fsp3) is 0.320. The van der Waals surface area contributed by atoms with Crippen LogP contribution in [0.5, 0.6) is 5.75 Å². The molecule has 1 aromatic heterocycles. The molecule has 2 aromatic carbocycles. The van der Waals surface area contributed by atoms with Crippen LogP contribution >= 0.6 is 11.6 Å². The van der Waals surface area contributed by atoms with Gasteiger partial charge >= 0.3 is 0 Å². The third kappa shape index (κ3) is 5.93. The Morgan fingerprint density at radius 1 is 1.12 bits per heavy atom. The third-order valence-electron chi connectivity index (χ3n) is 5.95. The summed E-state index contributed by atoms with van der Waals surface area (Å²) < 4.78 is 5.44. The van der Waals surface area contributed by atoms with E-state index in [1.807, 2.05) is 54.6 Å². The second-order valence-electron chi connectivity index (χ2n) is 8.26. The van der Waals surface area contributed by atoms with E-state index in [2.05, 4.69) is 10.3 Å². The van der Waals surface area contributed by atoms with E-state index in [1.54, 1.807) is 7.11 Å². The Bertz CT molecular complexity index is 1160. The first-order chi connectivity index (χ1) is 16.0. The highest BCUT2D eigenvalue weighted by atomic mass is 35.5. The van der Waals surface area contributed by atoms with Crippen molar-refractivity contribution in [2.75, 3.05) is 19.0 Å². The zero-order valence-electron chi connectivity index (χ0n) is 18.7. The average molecular weight is 465 g/mol. The summed E-state index contributed by atoms with van der Waals surface area (Å²) in [6.07, 6.45) is 8.34. The molecule has 1 aliphatic rings. The quantitative estimate of drug-likeness (QED) is 0.345. The van der Waals surface area contributed by atoms with Crippen molar-refractivity contribution in [3.05, 3.63) is 58.9 Å². The molecule has 0 bridgehead atoms. The van der Waals surface area contributed by atoms with Crippen molar-refractivity contribution >= 4 is 46.4 Å². The highest BCUT2D eigenvalue weighted by Gasteiger charge is 2.26. The van der Waals surface area contributed by atoms with Gasteiger partial charge < -0.3 is 21.5 Å². The number of methoxy groups -OCH3 is 1. The van der Waals surface area contributed by atoms with Crippen LogP contribution in [0, 0.1) is 5.92 Å². The lowest BCUT2D eigenvalue weighted by atomic mass is 9.84. The number of fused-ring (bicyclic) bond motifs is 1. The third-order valence-corrected chi connectivity index (χ3v) is 6.21. The van der Waals surface area contributed by atoms with Crippen molar-refractivity contribution in [3.63, 3.8) is 0 Å². The van der Waals surface area contributed by atoms with Gasteiger partial charge in [0.2, 0.25) is 0 Å². The summed E-state index contributed by atoms with van der Waals surface area (Å²) in [4.78, 5) is 13.9. The first-order valence-electron chi connectivity index (χ1n) is 11.1. The van der Waals surface area contributed by atoms with Crippen molar-refractivity contribution in [1.82, 2.24) is 9.97 Å². The van der Waals surface area contributed by atoms with Gasteiger partial charge in [-0.25, -0.2) is 9.97 Å². The first-order valence-corrected chi connectivity index (χ1v) is 11.5. The van der Waals surface area contributed by atoms with Crippen LogP contribution in [0.25, 0.3) is 23.1 Å². The first kappa shape index (κ1) is 22.9. The maximum absolute atomic E-state index is 5.99. The highest BCUT2D eigenvalue weighted by molar-refractivity contribution is 6.30. The predicted molar refractivity (Wildman–Crippen MR) is 137 cm³/mol. The number of nitrogens with two attached hydrogens (primary N) is 2. The van der Waals surface area contributed by atoms with Crippen LogP contribution in [0.4, 0.5) is 5.82 Å². The Morgan fingerprint density at radius 3 is 2.67 bits per heavy atom. The number of ether oxygens (including phenoxy) is 1. The van der Waals surface area contributed by atoms with Crippen molar-refractivity contribution in [2.45, 2.75) is 31.7 Å². The Kier molecular flexibility index (Phi) is 7.29. The number of hydrogen-bond acceptors (Lipinski definition) is 5. The number of nitrogens with one attached hydrogen (secondary N) is 1. The largest absolute Gasteiger partial charge is 0.497 e. The number of hydrogen-bond donors (Lipinski definition) is 3. The molecule has 0 spiro atoms. The van der Waals surface area contributed by atoms with E-state index in [-0.39, 0.29) is 12.0 Å². The molecular weight excluding hydrogens is 436 g/mol. The van der Waals surface area contributed by atoms with Crippen LogP contribution in [0.1, 0.15) is 37.1 Å². The molecule has 0 amide bonds. The molecule has 1 heterocycles. The molecule has 0 saturated heterocycles. The van der Waals surface area contributed by atoms with E-state index in [4.69, 9.17) is 37.8 Å². The van der Waals surface area contributed by atoms with Crippen LogP contribution < -0.4 is 21.5 Å². The van der Waals surface area contributed by atoms with Crippen LogP contribution in [-0.2, 0) is 0 Å². The van der Waals surface area contributed by atoms with Gasteiger partial charge in [0, 0.05) is 23.0 Å². The minimum atomic E-state index is 0.131. The number of guanidine groups is 1. The fourth-order valence-corrected chi connectivity index (χ4v) is 4.32. The van der Waals surface area contributed by atoms with Crippen molar-refractivity contribution < 1.29 is 4.74 Å². The molecule has 2 atom stereocenters. The lowest BCUT2D eigenvalue weighted by Gasteiger charge is -2.32. The molecule has 7 nitrogen and oxygen atoms in total. The molecule has 33 heavy (non-hydrogen) atoms. The van der Waals surface area contributed by atoms with Crippen LogP contribution in [0.2, 0.25) is 5.02 Å². The molecule has 3 aromatic rings. The summed E-state index contributed by atoms with van der Waals surface area (Å²) in [5.41, 5.74) is 13.0. The number of benzene rings is 2. The maximum Gasteiger partial charge on any atom is 0.185 e. The zero-order valence-corrected chi connectivity index (χ0v) is 19.4. The standard InChI is InChI=1S/C25H29ClN6O/c1-33-19-11-12-22-20(14-19)24(31-21-5-3-2-4-17(21)15-29-25(27)28)32-23(30-22)13-8-16-6-9-18(26)10-7-16/h6-14,17,21H,2-5,15H2,1H3,(H4,27,28,29)(H,30,31,32)/t17-,21-/m1/s1. The van der Waals surface area contributed by atoms with Gasteiger partial charge in [-0.15, -0.1) is 0 Å². The van der Waals surface area contributed by atoms with Crippen molar-refractivity contribution in [1.29, 1.82) is 0 Å². The summed E-state index contributed by atoms with van der Waals surface area (Å²) in [5, 5.41) is 5.31. The summed E-state index contributed by atoms with van der Waals surface area (Å²) >= 11 is 5.99. The smallest absolute Gasteiger partial charge is 0.185 e. The average Bonchev–Trinajstić information content (AvgIpc) is 2.83. The van der Waals surface area contributed by atoms with Gasteiger partial charge in [0.05, 0.1) is 12.6 Å². The molecular formula is C25H29ClN6O. The minimum Gasteiger partial charge on any atom is -0.497 e. The number of rotatable bonds is 7. The van der Waals surface area contributed by atoms with Gasteiger partial charge in [-0.2, -0.15) is 0 Å². The summed E-state index contributed by atoms with van der Waals surface area (Å²) in [6, 6.07) is 13.7. The topological polar surface area (TPSA) is 111 Å². The molecule has 0 aliphatic heterocycles. The van der Waals surface area contributed by atoms with E-state index < -0.39 is 0 Å². The number of aliphatic imine (C=N–C) groups is 1. The van der Waals surface area contributed by atoms with Gasteiger partial charge in [-0.05, 0) is 60.7 Å². The van der Waals surface area contributed by atoms with Crippen LogP contribution in [0.3, 0.4) is 0 Å². The van der Waals surface area contributed by atoms with Gasteiger partial charge in [0.1, 0.15) is 11.6 Å². The molecule has 1 saturated carbocycles. The molecule has 1 fully saturated rings. The molecule has 172 valence electrons. The van der Waals surface area contributed by atoms with Crippen molar-refractivity contribution in [2.24, 2.45) is 22.4 Å². The van der Waals surface area contributed by atoms with E-state index >= 15 is 0 Å². The lowest BCUT2D eigenvalue weighted by molar-refractivity contribution is 0.333. The lowest BCUT2D eigenvalue weighted by Crippen LogP contribution is -2.35. The molecule has 0 unspecified atom stereocenters. The second kappa shape index (κ2) is 10.5. The van der Waals surface area contributed by atoms with Crippen LogP contribution in [-0.4, -0.2) is 35.6 Å². The second-order valence-corrected chi connectivity index (χ2v) is 8.70. The maximum atomic E-state index is 5.99. The normalized spacial score (nSPS) is 18.4. The Morgan fingerprint density at radius 2 is 1.91 bits per heavy atom. The predicted octanol–water partition coefficient (Wildman–Crippen LogP) is 4.71. The number of halogens is 1. The van der Waals surface area contributed by atoms with Gasteiger partial charge in [0.15, 0.2) is 11.8 Å². The summed E-state index contributed by atoms with van der Waals surface area (Å²) in [7, 11) is 1.66. The van der Waals surface area contributed by atoms with E-state index in [0.717, 1.165) is 47.3 Å². The molecule has 5 N–H and O–H groups in total. The van der Waals surface area contributed by atoms with E-state index in [0.29, 0.717) is 23.3 Å². The van der Waals surface area contributed by atoms with Gasteiger partial charge in [0.25, 0.3) is 0 Å². The Balaban J connectivity index is 1.68. The zero-order chi connectivity index (χ0) is 23.2. The van der Waals surface area contributed by atoms with Gasteiger partial charge in [-0.3, -0.25) is 4.99 Å². The van der Waals surface area contributed by atoms with E-state index in [9.17, 15) is 0 Å². The fourth-order valence-electron chi connectivity index (χ4n) is 4.20. The molecule has 8 heteroatoms. The highest BCUT2D eigenvalue weighted by Crippen LogP contribution is 2.31. The summed E-state index contributed by atoms with van der Waals surface area (Å²) in [5.74, 6) is 2.65.